The van der Waals surface area contributed by atoms with Gasteiger partial charge in [0.25, 0.3) is 0 Å². The predicted octanol–water partition coefficient (Wildman–Crippen LogP) is 2.21. The molecule has 1 aromatic heterocycles. The molecule has 6 heteroatoms. The molecule has 0 amide bonds. The second kappa shape index (κ2) is 3.52. The smallest absolute Gasteiger partial charge is 0.278 e. The minimum Gasteiger partial charge on any atom is -0.278 e. The Hall–Kier alpha value is -1.18. The molecule has 0 aliphatic heterocycles. The maximum absolute atomic E-state index is 11.8. The zero-order valence-corrected chi connectivity index (χ0v) is 8.91. The fourth-order valence-corrected chi connectivity index (χ4v) is 1.85. The van der Waals surface area contributed by atoms with Crippen molar-refractivity contribution in [2.24, 2.45) is 0 Å². The van der Waals surface area contributed by atoms with E-state index in [-0.39, 0.29) is 5.56 Å². The van der Waals surface area contributed by atoms with Crippen molar-refractivity contribution in [2.75, 3.05) is 0 Å². The van der Waals surface area contributed by atoms with Gasteiger partial charge in [-0.3, -0.25) is 5.10 Å². The highest BCUT2D eigenvalue weighted by Gasteiger charge is 2.14. The van der Waals surface area contributed by atoms with Crippen LogP contribution in [0.3, 0.4) is 0 Å². The Morgan fingerprint density at radius 3 is 3.07 bits per heavy atom. The standard InChI is InChI=1S/C8H4FIN2O2/c9-14-8(13)5-1-4(10)2-7-6(5)3-11-12-7/h1-3H,(H,11,12). The lowest BCUT2D eigenvalue weighted by atomic mass is 10.1. The topological polar surface area (TPSA) is 55.0 Å². The average molecular weight is 306 g/mol. The van der Waals surface area contributed by atoms with Crippen molar-refractivity contribution in [3.05, 3.63) is 27.5 Å². The molecule has 0 aliphatic carbocycles. The molecule has 0 aliphatic rings. The SMILES string of the molecule is O=C(OF)c1cc(I)cc2[nH]ncc12. The summed E-state index contributed by atoms with van der Waals surface area (Å²) in [4.78, 5) is 14.2. The molecular weight excluding hydrogens is 302 g/mol. The van der Waals surface area contributed by atoms with E-state index in [1.807, 2.05) is 22.6 Å². The largest absolute Gasteiger partial charge is 0.380 e. The van der Waals surface area contributed by atoms with Gasteiger partial charge in [0.05, 0.1) is 17.3 Å². The Bertz CT molecular complexity index is 497. The average Bonchev–Trinajstić information content (AvgIpc) is 2.62. The van der Waals surface area contributed by atoms with Crippen LogP contribution in [0.1, 0.15) is 10.4 Å². The first kappa shape index (κ1) is 9.38. The molecule has 2 aromatic rings. The summed E-state index contributed by atoms with van der Waals surface area (Å²) in [5.74, 6) is -1.00. The summed E-state index contributed by atoms with van der Waals surface area (Å²) < 4.78 is 12.6. The number of H-pyrrole nitrogens is 1. The lowest BCUT2D eigenvalue weighted by molar-refractivity contribution is -0.0786. The minimum atomic E-state index is -1.00. The van der Waals surface area contributed by atoms with Crippen molar-refractivity contribution < 1.29 is 14.3 Å². The van der Waals surface area contributed by atoms with Crippen LogP contribution in [-0.2, 0) is 4.94 Å². The second-order valence-electron chi connectivity index (χ2n) is 2.65. The molecule has 0 radical (unpaired) electrons. The first-order valence-corrected chi connectivity index (χ1v) is 4.76. The number of benzene rings is 1. The van der Waals surface area contributed by atoms with Crippen LogP contribution in [-0.4, -0.2) is 16.2 Å². The van der Waals surface area contributed by atoms with Gasteiger partial charge in [-0.05, 0) is 34.7 Å². The number of carbonyl (C=O) groups excluding carboxylic acids is 1. The third-order valence-corrected chi connectivity index (χ3v) is 2.44. The van der Waals surface area contributed by atoms with Gasteiger partial charge in [0.1, 0.15) is 0 Å². The van der Waals surface area contributed by atoms with Gasteiger partial charge in [-0.1, -0.05) is 0 Å². The number of fused-ring (bicyclic) bond motifs is 1. The van der Waals surface area contributed by atoms with Gasteiger partial charge in [0.2, 0.25) is 0 Å². The first-order chi connectivity index (χ1) is 6.72. The molecule has 1 N–H and O–H groups in total. The third kappa shape index (κ3) is 1.45. The van der Waals surface area contributed by atoms with Crippen LogP contribution >= 0.6 is 22.6 Å². The molecule has 0 bridgehead atoms. The van der Waals surface area contributed by atoms with Crippen LogP contribution < -0.4 is 0 Å². The van der Waals surface area contributed by atoms with Gasteiger partial charge in [-0.25, -0.2) is 9.74 Å². The van der Waals surface area contributed by atoms with E-state index < -0.39 is 5.97 Å². The summed E-state index contributed by atoms with van der Waals surface area (Å²) in [6.45, 7) is 0. The molecular formula is C8H4FIN2O2. The number of nitrogens with zero attached hydrogens (tertiary/aromatic N) is 1. The minimum absolute atomic E-state index is 0.170. The molecule has 1 aromatic carbocycles. The number of hydrogen-bond acceptors (Lipinski definition) is 3. The van der Waals surface area contributed by atoms with E-state index in [2.05, 4.69) is 15.1 Å². The monoisotopic (exact) mass is 306 g/mol. The van der Waals surface area contributed by atoms with E-state index in [4.69, 9.17) is 0 Å². The number of hydrogen-bond donors (Lipinski definition) is 1. The van der Waals surface area contributed by atoms with E-state index in [1.165, 1.54) is 6.20 Å². The van der Waals surface area contributed by atoms with Crippen molar-refractivity contribution in [3.8, 4) is 0 Å². The Kier molecular flexibility index (Phi) is 2.36. The molecule has 0 spiro atoms. The van der Waals surface area contributed by atoms with Crippen LogP contribution in [0.2, 0.25) is 0 Å². The van der Waals surface area contributed by atoms with Gasteiger partial charge in [-0.15, -0.1) is 0 Å². The Morgan fingerprint density at radius 1 is 1.57 bits per heavy atom. The van der Waals surface area contributed by atoms with Gasteiger partial charge >= 0.3 is 5.97 Å². The third-order valence-electron chi connectivity index (χ3n) is 1.81. The van der Waals surface area contributed by atoms with E-state index in [1.54, 1.807) is 12.1 Å². The molecule has 1 heterocycles. The highest BCUT2D eigenvalue weighted by Crippen LogP contribution is 2.21. The maximum Gasteiger partial charge on any atom is 0.380 e. The molecule has 0 fully saturated rings. The Balaban J connectivity index is 2.72. The van der Waals surface area contributed by atoms with E-state index in [0.29, 0.717) is 10.9 Å². The molecule has 14 heavy (non-hydrogen) atoms. The van der Waals surface area contributed by atoms with Crippen LogP contribution in [0.5, 0.6) is 0 Å². The number of carbonyl (C=O) groups is 1. The van der Waals surface area contributed by atoms with Gasteiger partial charge in [0, 0.05) is 13.5 Å². The van der Waals surface area contributed by atoms with Crippen LogP contribution in [0, 0.1) is 3.57 Å². The fraction of sp³-hybridized carbons (Fsp3) is 0. The summed E-state index contributed by atoms with van der Waals surface area (Å²) in [6, 6.07) is 3.35. The molecule has 0 unspecified atom stereocenters. The lowest BCUT2D eigenvalue weighted by Crippen LogP contribution is -1.99. The number of rotatable bonds is 1. The quantitative estimate of drug-likeness (QED) is 0.822. The van der Waals surface area contributed by atoms with Crippen LogP contribution in [0.25, 0.3) is 10.9 Å². The highest BCUT2D eigenvalue weighted by atomic mass is 127. The summed E-state index contributed by atoms with van der Waals surface area (Å²) >= 11 is 2.02. The summed E-state index contributed by atoms with van der Waals surface area (Å²) in [7, 11) is 0. The van der Waals surface area contributed by atoms with Crippen molar-refractivity contribution in [1.29, 1.82) is 0 Å². The van der Waals surface area contributed by atoms with Gasteiger partial charge in [-0.2, -0.15) is 5.10 Å². The number of aromatic amines is 1. The number of aromatic nitrogens is 2. The molecule has 0 saturated carbocycles. The second-order valence-corrected chi connectivity index (χ2v) is 3.89. The summed E-state index contributed by atoms with van der Waals surface area (Å²) in [5, 5.41) is 7.01. The summed E-state index contributed by atoms with van der Waals surface area (Å²) in [6.07, 6.45) is 1.46. The Labute approximate surface area is 91.5 Å². The zero-order valence-electron chi connectivity index (χ0n) is 6.75. The van der Waals surface area contributed by atoms with E-state index in [0.717, 1.165) is 3.57 Å². The predicted molar refractivity (Wildman–Crippen MR) is 55.3 cm³/mol. The van der Waals surface area contributed by atoms with E-state index in [9.17, 15) is 9.32 Å². The van der Waals surface area contributed by atoms with E-state index >= 15 is 0 Å². The maximum atomic E-state index is 11.8. The molecule has 72 valence electrons. The van der Waals surface area contributed by atoms with Crippen molar-refractivity contribution in [3.63, 3.8) is 0 Å². The fourth-order valence-electron chi connectivity index (χ4n) is 1.23. The molecule has 4 nitrogen and oxygen atoms in total. The van der Waals surface area contributed by atoms with Gasteiger partial charge in [0.15, 0.2) is 0 Å². The van der Waals surface area contributed by atoms with Crippen molar-refractivity contribution in [2.45, 2.75) is 0 Å². The zero-order chi connectivity index (χ0) is 10.1. The number of nitrogens with one attached hydrogen (secondary N) is 1. The molecule has 2 rings (SSSR count). The molecule has 0 saturated heterocycles. The molecule has 0 atom stereocenters. The van der Waals surface area contributed by atoms with Crippen LogP contribution in [0.15, 0.2) is 18.3 Å². The van der Waals surface area contributed by atoms with Crippen LogP contribution in [0.4, 0.5) is 4.53 Å². The first-order valence-electron chi connectivity index (χ1n) is 3.68. The number of halogens is 2. The lowest BCUT2D eigenvalue weighted by Gasteiger charge is -1.98. The van der Waals surface area contributed by atoms with Crippen molar-refractivity contribution in [1.82, 2.24) is 10.2 Å². The highest BCUT2D eigenvalue weighted by molar-refractivity contribution is 14.1. The Morgan fingerprint density at radius 2 is 2.36 bits per heavy atom. The van der Waals surface area contributed by atoms with Crippen molar-refractivity contribution >= 4 is 39.5 Å². The summed E-state index contributed by atoms with van der Waals surface area (Å²) in [5.41, 5.74) is 0.848. The normalized spacial score (nSPS) is 10.4. The van der Waals surface area contributed by atoms with Gasteiger partial charge < -0.3 is 0 Å².